The summed E-state index contributed by atoms with van der Waals surface area (Å²) in [6.07, 6.45) is 0.471. The lowest BCUT2D eigenvalue weighted by Crippen LogP contribution is -2.51. The summed E-state index contributed by atoms with van der Waals surface area (Å²) in [5.74, 6) is 0.451. The van der Waals surface area contributed by atoms with E-state index < -0.39 is 6.04 Å². The summed E-state index contributed by atoms with van der Waals surface area (Å²) in [4.78, 5) is 29.8. The van der Waals surface area contributed by atoms with E-state index in [1.54, 1.807) is 4.90 Å². The molecule has 2 amide bonds. The third-order valence-corrected chi connectivity index (χ3v) is 6.53. The highest BCUT2D eigenvalue weighted by Gasteiger charge is 2.30. The first kappa shape index (κ1) is 25.6. The highest BCUT2D eigenvalue weighted by atomic mass is 32.2. The standard InChI is InChI=1S/C29H34N2O2S/c1-22(2)19-30-29(33)27(18-24-10-6-4-7-11-24)31(20-25-16-14-23(3)15-17-25)28(32)21-34-26-12-8-5-9-13-26/h4-17,22,27H,18-21H2,1-3H3,(H,30,33)/t27-/m1/s1. The highest BCUT2D eigenvalue weighted by molar-refractivity contribution is 8.00. The number of rotatable bonds is 11. The molecule has 3 aromatic rings. The van der Waals surface area contributed by atoms with Crippen LogP contribution in [0.3, 0.4) is 0 Å². The number of carbonyl (C=O) groups is 2. The first-order valence-electron chi connectivity index (χ1n) is 11.8. The van der Waals surface area contributed by atoms with Crippen molar-refractivity contribution >= 4 is 23.6 Å². The third kappa shape index (κ3) is 8.07. The van der Waals surface area contributed by atoms with E-state index in [0.717, 1.165) is 21.6 Å². The fourth-order valence-corrected chi connectivity index (χ4v) is 4.42. The number of thioether (sulfide) groups is 1. The lowest BCUT2D eigenvalue weighted by molar-refractivity contribution is -0.139. The molecule has 1 atom stereocenters. The van der Waals surface area contributed by atoms with Crippen molar-refractivity contribution < 1.29 is 9.59 Å². The predicted octanol–water partition coefficient (Wildman–Crippen LogP) is 5.50. The van der Waals surface area contributed by atoms with Crippen molar-refractivity contribution in [3.8, 4) is 0 Å². The predicted molar refractivity (Wildman–Crippen MR) is 141 cm³/mol. The molecule has 0 aliphatic rings. The summed E-state index contributed by atoms with van der Waals surface area (Å²) >= 11 is 1.50. The topological polar surface area (TPSA) is 49.4 Å². The molecule has 0 heterocycles. The van der Waals surface area contributed by atoms with Gasteiger partial charge in [-0.25, -0.2) is 0 Å². The second-order valence-corrected chi connectivity index (χ2v) is 10.0. The van der Waals surface area contributed by atoms with Gasteiger partial charge in [0, 0.05) is 24.4 Å². The van der Waals surface area contributed by atoms with Crippen LogP contribution in [0.4, 0.5) is 0 Å². The zero-order chi connectivity index (χ0) is 24.3. The van der Waals surface area contributed by atoms with Gasteiger partial charge in [-0.3, -0.25) is 9.59 Å². The number of carbonyl (C=O) groups excluding carboxylic acids is 2. The van der Waals surface area contributed by atoms with E-state index in [1.165, 1.54) is 11.8 Å². The molecule has 0 unspecified atom stereocenters. The lowest BCUT2D eigenvalue weighted by atomic mass is 10.0. The minimum absolute atomic E-state index is 0.0462. The van der Waals surface area contributed by atoms with E-state index in [-0.39, 0.29) is 17.6 Å². The van der Waals surface area contributed by atoms with Gasteiger partial charge in [-0.1, -0.05) is 92.2 Å². The van der Waals surface area contributed by atoms with Crippen LogP contribution in [0.2, 0.25) is 0 Å². The van der Waals surface area contributed by atoms with Gasteiger partial charge in [0.1, 0.15) is 6.04 Å². The average molecular weight is 475 g/mol. The summed E-state index contributed by atoms with van der Waals surface area (Å²) in [5.41, 5.74) is 3.21. The molecule has 0 fully saturated rings. The number of benzene rings is 3. The molecule has 0 saturated carbocycles. The molecule has 0 bridgehead atoms. The Labute approximate surface area is 207 Å². The third-order valence-electron chi connectivity index (χ3n) is 5.53. The van der Waals surface area contributed by atoms with Gasteiger partial charge in [-0.15, -0.1) is 11.8 Å². The van der Waals surface area contributed by atoms with E-state index in [2.05, 4.69) is 19.2 Å². The molecule has 0 spiro atoms. The van der Waals surface area contributed by atoms with E-state index in [4.69, 9.17) is 0 Å². The molecule has 0 saturated heterocycles. The summed E-state index contributed by atoms with van der Waals surface area (Å²) in [6, 6.07) is 27.4. The number of nitrogens with zero attached hydrogens (tertiary/aromatic N) is 1. The first-order valence-corrected chi connectivity index (χ1v) is 12.8. The van der Waals surface area contributed by atoms with Crippen LogP contribution < -0.4 is 5.32 Å². The zero-order valence-electron chi connectivity index (χ0n) is 20.2. The quantitative estimate of drug-likeness (QED) is 0.373. The zero-order valence-corrected chi connectivity index (χ0v) is 21.1. The van der Waals surface area contributed by atoms with E-state index in [1.807, 2.05) is 91.9 Å². The van der Waals surface area contributed by atoms with Gasteiger partial charge in [0.05, 0.1) is 5.75 Å². The molecule has 178 valence electrons. The molecule has 0 radical (unpaired) electrons. The second kappa shape index (κ2) is 13.0. The average Bonchev–Trinajstić information content (AvgIpc) is 2.85. The van der Waals surface area contributed by atoms with Crippen molar-refractivity contribution in [3.63, 3.8) is 0 Å². The molecule has 3 rings (SSSR count). The first-order chi connectivity index (χ1) is 16.4. The fraction of sp³-hybridized carbons (Fsp3) is 0.310. The number of hydrogen-bond acceptors (Lipinski definition) is 3. The number of aryl methyl sites for hydroxylation is 1. The highest BCUT2D eigenvalue weighted by Crippen LogP contribution is 2.21. The molecule has 0 aliphatic carbocycles. The minimum atomic E-state index is -0.591. The Morgan fingerprint density at radius 1 is 0.853 bits per heavy atom. The number of nitrogens with one attached hydrogen (secondary N) is 1. The smallest absolute Gasteiger partial charge is 0.243 e. The Morgan fingerprint density at radius 2 is 1.47 bits per heavy atom. The molecule has 0 aromatic heterocycles. The van der Waals surface area contributed by atoms with Crippen molar-refractivity contribution in [3.05, 3.63) is 102 Å². The summed E-state index contributed by atoms with van der Waals surface area (Å²) in [6.45, 7) is 7.15. The van der Waals surface area contributed by atoms with Crippen LogP contribution in [0.15, 0.2) is 89.8 Å². The number of amides is 2. The summed E-state index contributed by atoms with van der Waals surface area (Å²) in [7, 11) is 0. The Bertz CT molecular complexity index is 1040. The van der Waals surface area contributed by atoms with Gasteiger partial charge >= 0.3 is 0 Å². The van der Waals surface area contributed by atoms with Crippen LogP contribution in [-0.4, -0.2) is 35.1 Å². The fourth-order valence-electron chi connectivity index (χ4n) is 3.61. The molecule has 1 N–H and O–H groups in total. The maximum atomic E-state index is 13.6. The van der Waals surface area contributed by atoms with Crippen LogP contribution in [0, 0.1) is 12.8 Å². The monoisotopic (exact) mass is 474 g/mol. The molecular weight excluding hydrogens is 440 g/mol. The molecule has 4 nitrogen and oxygen atoms in total. The van der Waals surface area contributed by atoms with Crippen molar-refractivity contribution in [2.45, 2.75) is 44.7 Å². The Balaban J connectivity index is 1.88. The largest absolute Gasteiger partial charge is 0.354 e. The maximum Gasteiger partial charge on any atom is 0.243 e. The number of hydrogen-bond donors (Lipinski definition) is 1. The van der Waals surface area contributed by atoms with Gasteiger partial charge in [-0.05, 0) is 36.1 Å². The molecule has 5 heteroatoms. The van der Waals surface area contributed by atoms with E-state index >= 15 is 0 Å². The Morgan fingerprint density at radius 3 is 2.09 bits per heavy atom. The van der Waals surface area contributed by atoms with Gasteiger partial charge in [-0.2, -0.15) is 0 Å². The van der Waals surface area contributed by atoms with Crippen LogP contribution >= 0.6 is 11.8 Å². The van der Waals surface area contributed by atoms with E-state index in [0.29, 0.717) is 25.4 Å². The van der Waals surface area contributed by atoms with Crippen LogP contribution in [0.25, 0.3) is 0 Å². The van der Waals surface area contributed by atoms with Crippen LogP contribution in [0.5, 0.6) is 0 Å². The molecular formula is C29H34N2O2S. The lowest BCUT2D eigenvalue weighted by Gasteiger charge is -2.32. The molecule has 0 aliphatic heterocycles. The Kier molecular flexibility index (Phi) is 9.77. The molecule has 34 heavy (non-hydrogen) atoms. The summed E-state index contributed by atoms with van der Waals surface area (Å²) < 4.78 is 0. The molecule has 3 aromatic carbocycles. The van der Waals surface area contributed by atoms with Gasteiger partial charge in [0.2, 0.25) is 11.8 Å². The summed E-state index contributed by atoms with van der Waals surface area (Å²) in [5, 5.41) is 3.07. The SMILES string of the molecule is Cc1ccc(CN(C(=O)CSc2ccccc2)[C@H](Cc2ccccc2)C(=O)NCC(C)C)cc1. The van der Waals surface area contributed by atoms with Crippen LogP contribution in [0.1, 0.15) is 30.5 Å². The normalized spacial score (nSPS) is 11.8. The maximum absolute atomic E-state index is 13.6. The second-order valence-electron chi connectivity index (χ2n) is 8.95. The van der Waals surface area contributed by atoms with Gasteiger partial charge in [0.25, 0.3) is 0 Å². The van der Waals surface area contributed by atoms with Gasteiger partial charge < -0.3 is 10.2 Å². The Hall–Kier alpha value is -3.05. The van der Waals surface area contributed by atoms with Crippen LogP contribution in [-0.2, 0) is 22.6 Å². The van der Waals surface area contributed by atoms with Crippen molar-refractivity contribution in [1.29, 1.82) is 0 Å². The van der Waals surface area contributed by atoms with Crippen molar-refractivity contribution in [1.82, 2.24) is 10.2 Å². The van der Waals surface area contributed by atoms with E-state index in [9.17, 15) is 9.59 Å². The van der Waals surface area contributed by atoms with Gasteiger partial charge in [0.15, 0.2) is 0 Å². The minimum Gasteiger partial charge on any atom is -0.354 e. The van der Waals surface area contributed by atoms with Crippen molar-refractivity contribution in [2.24, 2.45) is 5.92 Å². The van der Waals surface area contributed by atoms with Crippen molar-refractivity contribution in [2.75, 3.05) is 12.3 Å².